The highest BCUT2D eigenvalue weighted by molar-refractivity contribution is 5.37. The predicted molar refractivity (Wildman–Crippen MR) is 93.9 cm³/mol. The third kappa shape index (κ3) is 3.62. The first-order valence-electron chi connectivity index (χ1n) is 8.82. The van der Waals surface area contributed by atoms with Crippen molar-refractivity contribution in [2.45, 2.75) is 52.3 Å². The number of aromatic nitrogens is 2. The summed E-state index contributed by atoms with van der Waals surface area (Å²) in [5.41, 5.74) is 4.55. The van der Waals surface area contributed by atoms with Crippen LogP contribution in [0.4, 0.5) is 0 Å². The number of hydrogen-bond acceptors (Lipinski definition) is 4. The maximum atomic E-state index is 9.61. The first-order chi connectivity index (χ1) is 11.7. The van der Waals surface area contributed by atoms with E-state index >= 15 is 0 Å². The Morgan fingerprint density at radius 2 is 2.25 bits per heavy atom. The minimum Gasteiger partial charge on any atom is -0.494 e. The fourth-order valence-corrected chi connectivity index (χ4v) is 3.59. The van der Waals surface area contributed by atoms with Crippen LogP contribution in [0.1, 0.15) is 54.6 Å². The van der Waals surface area contributed by atoms with Crippen molar-refractivity contribution in [3.05, 3.63) is 46.8 Å². The quantitative estimate of drug-likeness (QED) is 0.853. The summed E-state index contributed by atoms with van der Waals surface area (Å²) >= 11 is 0. The van der Waals surface area contributed by atoms with Gasteiger partial charge in [-0.1, -0.05) is 12.5 Å². The second kappa shape index (κ2) is 7.81. The van der Waals surface area contributed by atoms with E-state index in [1.165, 1.54) is 29.7 Å². The van der Waals surface area contributed by atoms with Crippen molar-refractivity contribution >= 4 is 0 Å². The van der Waals surface area contributed by atoms with Crippen molar-refractivity contribution in [2.75, 3.05) is 13.2 Å². The maximum absolute atomic E-state index is 9.61. The van der Waals surface area contributed by atoms with E-state index in [0.717, 1.165) is 30.8 Å². The van der Waals surface area contributed by atoms with E-state index in [2.05, 4.69) is 34.2 Å². The number of nitrogens with zero attached hydrogens (tertiary/aromatic N) is 2. The molecule has 130 valence electrons. The van der Waals surface area contributed by atoms with Crippen molar-refractivity contribution in [3.63, 3.8) is 0 Å². The Kier molecular flexibility index (Phi) is 5.53. The lowest BCUT2D eigenvalue weighted by Gasteiger charge is -2.35. The molecule has 1 aliphatic heterocycles. The van der Waals surface area contributed by atoms with Crippen LogP contribution in [-0.4, -0.2) is 33.4 Å². The molecule has 0 aliphatic carbocycles. The van der Waals surface area contributed by atoms with Gasteiger partial charge in [-0.25, -0.2) is 0 Å². The molecule has 0 bridgehead atoms. The second-order valence-electron chi connectivity index (χ2n) is 6.48. The summed E-state index contributed by atoms with van der Waals surface area (Å²) in [5, 5.41) is 17.0. The summed E-state index contributed by atoms with van der Waals surface area (Å²) in [6.45, 7) is 6.66. The number of nitrogens with one attached hydrogen (secondary N) is 1. The summed E-state index contributed by atoms with van der Waals surface area (Å²) in [5.74, 6) is 0.781. The Labute approximate surface area is 143 Å². The van der Waals surface area contributed by atoms with E-state index in [9.17, 15) is 5.11 Å². The molecule has 5 nitrogen and oxygen atoms in total. The molecule has 3 rings (SSSR count). The van der Waals surface area contributed by atoms with Crippen molar-refractivity contribution in [1.82, 2.24) is 15.1 Å². The normalized spacial score (nSPS) is 18.7. The average Bonchev–Trinajstić information content (AvgIpc) is 3.03. The third-order valence-electron chi connectivity index (χ3n) is 4.80. The summed E-state index contributed by atoms with van der Waals surface area (Å²) in [4.78, 5) is 2.51. The van der Waals surface area contributed by atoms with Gasteiger partial charge in [0, 0.05) is 12.1 Å². The van der Waals surface area contributed by atoms with Crippen molar-refractivity contribution in [1.29, 1.82) is 0 Å². The molecule has 1 aromatic carbocycles. The first-order valence-corrected chi connectivity index (χ1v) is 8.82. The second-order valence-corrected chi connectivity index (χ2v) is 6.48. The molecule has 2 aromatic rings. The van der Waals surface area contributed by atoms with E-state index < -0.39 is 0 Å². The lowest BCUT2D eigenvalue weighted by atomic mass is 9.96. The molecule has 5 heteroatoms. The highest BCUT2D eigenvalue weighted by atomic mass is 16.5. The molecule has 0 radical (unpaired) electrons. The van der Waals surface area contributed by atoms with Crippen molar-refractivity contribution in [3.8, 4) is 5.75 Å². The molecule has 24 heavy (non-hydrogen) atoms. The fourth-order valence-electron chi connectivity index (χ4n) is 3.59. The van der Waals surface area contributed by atoms with Gasteiger partial charge < -0.3 is 9.84 Å². The minimum absolute atomic E-state index is 0.00621. The molecular weight excluding hydrogens is 302 g/mol. The summed E-state index contributed by atoms with van der Waals surface area (Å²) in [6.07, 6.45) is 5.55. The molecule has 1 fully saturated rings. The number of rotatable bonds is 6. The first kappa shape index (κ1) is 17.0. The Balaban J connectivity index is 1.79. The van der Waals surface area contributed by atoms with Gasteiger partial charge in [-0.15, -0.1) is 0 Å². The highest BCUT2D eigenvalue weighted by Crippen LogP contribution is 2.33. The van der Waals surface area contributed by atoms with Gasteiger partial charge in [0.1, 0.15) is 5.75 Å². The number of likely N-dealkylation sites (tertiary alicyclic amines) is 1. The zero-order valence-corrected chi connectivity index (χ0v) is 14.6. The van der Waals surface area contributed by atoms with Gasteiger partial charge in [-0.2, -0.15) is 5.10 Å². The minimum atomic E-state index is 0.00621. The van der Waals surface area contributed by atoms with Gasteiger partial charge in [0.25, 0.3) is 0 Å². The van der Waals surface area contributed by atoms with Crippen LogP contribution in [0, 0.1) is 6.92 Å². The maximum Gasteiger partial charge on any atom is 0.124 e. The molecule has 2 heterocycles. The fraction of sp³-hybridized carbons (Fsp3) is 0.526. The van der Waals surface area contributed by atoms with E-state index in [0.29, 0.717) is 12.6 Å². The molecular formula is C19H27N3O2. The Morgan fingerprint density at radius 1 is 1.38 bits per heavy atom. The average molecular weight is 329 g/mol. The highest BCUT2D eigenvalue weighted by Gasteiger charge is 2.26. The SMILES string of the molecule is CCOc1ccc(CN2CCCCC2c2[nH]ncc2C)cc1CO. The molecule has 1 saturated heterocycles. The molecule has 2 N–H and O–H groups in total. The topological polar surface area (TPSA) is 61.4 Å². The number of ether oxygens (including phenoxy) is 1. The van der Waals surface area contributed by atoms with Crippen LogP contribution in [0.2, 0.25) is 0 Å². The Bertz CT molecular complexity index is 668. The van der Waals surface area contributed by atoms with Gasteiger partial charge in [-0.3, -0.25) is 10.00 Å². The number of H-pyrrole nitrogens is 1. The number of aliphatic hydroxyl groups excluding tert-OH is 1. The van der Waals surface area contributed by atoms with Crippen LogP contribution in [0.25, 0.3) is 0 Å². The zero-order chi connectivity index (χ0) is 16.9. The standard InChI is InChI=1S/C19H27N3O2/c1-3-24-18-8-7-15(10-16(18)13-23)12-22-9-5-4-6-17(22)19-14(2)11-20-21-19/h7-8,10-11,17,23H,3-6,9,12-13H2,1-2H3,(H,20,21). The number of piperidine rings is 1. The van der Waals surface area contributed by atoms with Crippen LogP contribution >= 0.6 is 0 Å². The number of aryl methyl sites for hydroxylation is 1. The third-order valence-corrected chi connectivity index (χ3v) is 4.80. The number of benzene rings is 1. The summed E-state index contributed by atoms with van der Waals surface area (Å²) < 4.78 is 5.58. The van der Waals surface area contributed by atoms with Crippen molar-refractivity contribution < 1.29 is 9.84 Å². The lowest BCUT2D eigenvalue weighted by molar-refractivity contribution is 0.136. The van der Waals surface area contributed by atoms with E-state index in [1.807, 2.05) is 19.2 Å². The smallest absolute Gasteiger partial charge is 0.124 e. The molecule has 0 saturated carbocycles. The molecule has 1 aromatic heterocycles. The van der Waals surface area contributed by atoms with Gasteiger partial charge in [0.05, 0.1) is 31.1 Å². The van der Waals surface area contributed by atoms with Crippen LogP contribution in [-0.2, 0) is 13.2 Å². The number of hydrogen-bond donors (Lipinski definition) is 2. The molecule has 1 atom stereocenters. The molecule has 1 aliphatic rings. The van der Waals surface area contributed by atoms with Gasteiger partial charge in [0.2, 0.25) is 0 Å². The lowest BCUT2D eigenvalue weighted by Crippen LogP contribution is -2.33. The van der Waals surface area contributed by atoms with E-state index in [4.69, 9.17) is 4.74 Å². The largest absolute Gasteiger partial charge is 0.494 e. The Morgan fingerprint density at radius 3 is 2.96 bits per heavy atom. The van der Waals surface area contributed by atoms with Crippen LogP contribution in [0.15, 0.2) is 24.4 Å². The van der Waals surface area contributed by atoms with Gasteiger partial charge >= 0.3 is 0 Å². The predicted octanol–water partition coefficient (Wildman–Crippen LogP) is 3.34. The van der Waals surface area contributed by atoms with Crippen molar-refractivity contribution in [2.24, 2.45) is 0 Å². The van der Waals surface area contributed by atoms with Gasteiger partial charge in [-0.05, 0) is 56.5 Å². The van der Waals surface area contributed by atoms with Crippen LogP contribution < -0.4 is 4.74 Å². The Hall–Kier alpha value is -1.85. The van der Waals surface area contributed by atoms with Crippen LogP contribution in [0.3, 0.4) is 0 Å². The molecule has 0 spiro atoms. The number of aromatic amines is 1. The number of aliphatic hydroxyl groups is 1. The van der Waals surface area contributed by atoms with Gasteiger partial charge in [0.15, 0.2) is 0 Å². The monoisotopic (exact) mass is 329 g/mol. The summed E-state index contributed by atoms with van der Waals surface area (Å²) in [6, 6.07) is 6.54. The van der Waals surface area contributed by atoms with E-state index in [-0.39, 0.29) is 6.61 Å². The van der Waals surface area contributed by atoms with Crippen LogP contribution in [0.5, 0.6) is 5.75 Å². The van der Waals surface area contributed by atoms with E-state index in [1.54, 1.807) is 0 Å². The molecule has 1 unspecified atom stereocenters. The molecule has 0 amide bonds. The summed E-state index contributed by atoms with van der Waals surface area (Å²) in [7, 11) is 0. The zero-order valence-electron chi connectivity index (χ0n) is 14.6.